The zero-order valence-electron chi connectivity index (χ0n) is 15.7. The van der Waals surface area contributed by atoms with Crippen molar-refractivity contribution in [2.45, 2.75) is 98.3 Å². The highest BCUT2D eigenvalue weighted by molar-refractivity contribution is 4.98. The molecule has 0 nitrogen and oxygen atoms in total. The fraction of sp³-hybridized carbons (Fsp3) is 1.00. The van der Waals surface area contributed by atoms with E-state index in [1.165, 1.54) is 44.9 Å². The Balaban J connectivity index is 1.60. The van der Waals surface area contributed by atoms with Crippen molar-refractivity contribution in [2.24, 2.45) is 40.9 Å². The first-order valence-corrected chi connectivity index (χ1v) is 10.5. The Morgan fingerprint density at radius 2 is 1.59 bits per heavy atom. The Morgan fingerprint density at radius 3 is 2.32 bits per heavy atom. The molecule has 0 aromatic rings. The molecule has 0 aromatic carbocycles. The molecule has 0 aromatic heterocycles. The van der Waals surface area contributed by atoms with Crippen LogP contribution in [0.1, 0.15) is 98.3 Å². The first-order valence-electron chi connectivity index (χ1n) is 10.5. The molecule has 4 fully saturated rings. The third kappa shape index (κ3) is 3.90. The van der Waals surface area contributed by atoms with E-state index in [9.17, 15) is 0 Å². The molecule has 4 aliphatic rings. The molecule has 0 aliphatic heterocycles. The van der Waals surface area contributed by atoms with E-state index >= 15 is 0 Å². The van der Waals surface area contributed by atoms with Crippen molar-refractivity contribution < 1.29 is 0 Å². The summed E-state index contributed by atoms with van der Waals surface area (Å²) in [5.74, 6) is 6.28. The van der Waals surface area contributed by atoms with Gasteiger partial charge in [-0.3, -0.25) is 0 Å². The van der Waals surface area contributed by atoms with Crippen LogP contribution in [0.15, 0.2) is 0 Å². The van der Waals surface area contributed by atoms with Crippen LogP contribution in [-0.2, 0) is 0 Å². The standard InChI is InChI=1S/C22H40/c1-5-18-11-10-16(2)8-6-7-9-19-12-21(19)17(3)13-22(4)14-20(18)15-22/h16-21H,5-15H2,1-4H3. The van der Waals surface area contributed by atoms with E-state index in [1.54, 1.807) is 25.7 Å². The topological polar surface area (TPSA) is 0 Å². The highest BCUT2D eigenvalue weighted by atomic mass is 14.5. The largest absolute Gasteiger partial charge is 0.0651 e. The van der Waals surface area contributed by atoms with Crippen LogP contribution >= 0.6 is 0 Å². The van der Waals surface area contributed by atoms with Crippen molar-refractivity contribution >= 4 is 0 Å². The molecule has 4 saturated carbocycles. The summed E-state index contributed by atoms with van der Waals surface area (Å²) in [6.07, 6.45) is 16.6. The maximum Gasteiger partial charge on any atom is -0.0318 e. The number of rotatable bonds is 1. The molecule has 4 aliphatic carbocycles. The van der Waals surface area contributed by atoms with Crippen LogP contribution < -0.4 is 0 Å². The van der Waals surface area contributed by atoms with E-state index in [0.717, 1.165) is 35.5 Å². The molecule has 4 rings (SSSR count). The lowest BCUT2D eigenvalue weighted by Crippen LogP contribution is -2.40. The first-order chi connectivity index (χ1) is 10.5. The molecule has 0 N–H and O–H groups in total. The molecule has 5 atom stereocenters. The van der Waals surface area contributed by atoms with Crippen LogP contribution in [0, 0.1) is 40.9 Å². The molecule has 0 heteroatoms. The number of fused-ring (bicyclic) bond motifs is 8. The van der Waals surface area contributed by atoms with Gasteiger partial charge in [-0.05, 0) is 73.0 Å². The molecular weight excluding hydrogens is 264 g/mol. The summed E-state index contributed by atoms with van der Waals surface area (Å²) in [6, 6.07) is 0. The maximum atomic E-state index is 2.60. The first kappa shape index (κ1) is 16.8. The Bertz CT molecular complexity index is 351. The van der Waals surface area contributed by atoms with E-state index < -0.39 is 0 Å². The fourth-order valence-corrected chi connectivity index (χ4v) is 6.25. The van der Waals surface area contributed by atoms with Gasteiger partial charge in [0.25, 0.3) is 0 Å². The van der Waals surface area contributed by atoms with Gasteiger partial charge in [0.1, 0.15) is 0 Å². The summed E-state index contributed by atoms with van der Waals surface area (Å²) in [5.41, 5.74) is 0.705. The van der Waals surface area contributed by atoms with Gasteiger partial charge >= 0.3 is 0 Å². The molecule has 0 radical (unpaired) electrons. The van der Waals surface area contributed by atoms with Crippen molar-refractivity contribution in [1.29, 1.82) is 0 Å². The van der Waals surface area contributed by atoms with Gasteiger partial charge in [-0.2, -0.15) is 0 Å². The molecule has 128 valence electrons. The predicted octanol–water partition coefficient (Wildman–Crippen LogP) is 7.08. The highest BCUT2D eigenvalue weighted by Crippen LogP contribution is 2.57. The Kier molecular flexibility index (Phi) is 5.25. The summed E-state index contributed by atoms with van der Waals surface area (Å²) in [6.45, 7) is 10.1. The van der Waals surface area contributed by atoms with Gasteiger partial charge in [-0.15, -0.1) is 0 Å². The van der Waals surface area contributed by atoms with Gasteiger partial charge in [0, 0.05) is 0 Å². The minimum atomic E-state index is 0.705. The summed E-state index contributed by atoms with van der Waals surface area (Å²) in [7, 11) is 0. The molecule has 0 saturated heterocycles. The molecule has 22 heavy (non-hydrogen) atoms. The van der Waals surface area contributed by atoms with Crippen LogP contribution in [0.4, 0.5) is 0 Å². The van der Waals surface area contributed by atoms with Crippen molar-refractivity contribution in [1.82, 2.24) is 0 Å². The van der Waals surface area contributed by atoms with Crippen LogP contribution in [0.3, 0.4) is 0 Å². The SMILES string of the molecule is CCC1CCC(C)CCCCC2CC2C(C)CC2(C)CC1C2. The Morgan fingerprint density at radius 1 is 0.864 bits per heavy atom. The lowest BCUT2D eigenvalue weighted by atomic mass is 9.55. The van der Waals surface area contributed by atoms with Crippen molar-refractivity contribution in [3.8, 4) is 0 Å². The molecule has 0 amide bonds. The van der Waals surface area contributed by atoms with E-state index in [-0.39, 0.29) is 0 Å². The summed E-state index contributed by atoms with van der Waals surface area (Å²) in [4.78, 5) is 0. The van der Waals surface area contributed by atoms with Crippen LogP contribution in [-0.4, -0.2) is 0 Å². The van der Waals surface area contributed by atoms with Gasteiger partial charge in [0.05, 0.1) is 0 Å². The highest BCUT2D eigenvalue weighted by Gasteiger charge is 2.47. The number of hydrogen-bond acceptors (Lipinski definition) is 0. The molecule has 0 heterocycles. The zero-order chi connectivity index (χ0) is 15.7. The van der Waals surface area contributed by atoms with Gasteiger partial charge < -0.3 is 0 Å². The van der Waals surface area contributed by atoms with Gasteiger partial charge in [-0.25, -0.2) is 0 Å². The van der Waals surface area contributed by atoms with E-state index in [0.29, 0.717) is 5.41 Å². The third-order valence-electron chi connectivity index (χ3n) is 7.78. The van der Waals surface area contributed by atoms with Crippen molar-refractivity contribution in [3.63, 3.8) is 0 Å². The second kappa shape index (κ2) is 6.86. The second-order valence-electron chi connectivity index (χ2n) is 9.96. The average molecular weight is 305 g/mol. The van der Waals surface area contributed by atoms with Crippen LogP contribution in [0.25, 0.3) is 0 Å². The second-order valence-corrected chi connectivity index (χ2v) is 9.96. The van der Waals surface area contributed by atoms with E-state index in [1.807, 2.05) is 0 Å². The average Bonchev–Trinajstić information content (AvgIpc) is 3.21. The molecule has 2 bridgehead atoms. The quantitative estimate of drug-likeness (QED) is 0.485. The lowest BCUT2D eigenvalue weighted by Gasteiger charge is -2.50. The Hall–Kier alpha value is 0. The minimum Gasteiger partial charge on any atom is -0.0651 e. The smallest absolute Gasteiger partial charge is 0.0318 e. The normalized spacial score (nSPS) is 50.2. The monoisotopic (exact) mass is 304 g/mol. The zero-order valence-corrected chi connectivity index (χ0v) is 15.7. The van der Waals surface area contributed by atoms with Crippen LogP contribution in [0.2, 0.25) is 0 Å². The van der Waals surface area contributed by atoms with E-state index in [4.69, 9.17) is 0 Å². The molecule has 0 spiro atoms. The molecule has 5 unspecified atom stereocenters. The van der Waals surface area contributed by atoms with Gasteiger partial charge in [-0.1, -0.05) is 66.2 Å². The summed E-state index contributed by atoms with van der Waals surface area (Å²) < 4.78 is 0. The van der Waals surface area contributed by atoms with Gasteiger partial charge in [0.15, 0.2) is 0 Å². The van der Waals surface area contributed by atoms with Crippen molar-refractivity contribution in [2.75, 3.05) is 0 Å². The predicted molar refractivity (Wildman–Crippen MR) is 96.9 cm³/mol. The Labute approximate surface area is 139 Å². The van der Waals surface area contributed by atoms with E-state index in [2.05, 4.69) is 27.7 Å². The summed E-state index contributed by atoms with van der Waals surface area (Å²) in [5, 5.41) is 0. The summed E-state index contributed by atoms with van der Waals surface area (Å²) >= 11 is 0. The molecular formula is C22H40. The third-order valence-corrected chi connectivity index (χ3v) is 7.78. The van der Waals surface area contributed by atoms with Crippen LogP contribution in [0.5, 0.6) is 0 Å². The fourth-order valence-electron chi connectivity index (χ4n) is 6.25. The van der Waals surface area contributed by atoms with Gasteiger partial charge in [0.2, 0.25) is 0 Å². The minimum absolute atomic E-state index is 0.705. The maximum absolute atomic E-state index is 2.60. The number of hydrogen-bond donors (Lipinski definition) is 0. The van der Waals surface area contributed by atoms with Crippen molar-refractivity contribution in [3.05, 3.63) is 0 Å². The lowest BCUT2D eigenvalue weighted by molar-refractivity contribution is 0.00427.